The number of carbonyl (C=O) groups excluding carboxylic acids is 1. The van der Waals surface area contributed by atoms with Gasteiger partial charge in [0.2, 0.25) is 12.3 Å². The number of halogens is 1. The summed E-state index contributed by atoms with van der Waals surface area (Å²) in [6.45, 7) is 0.247. The van der Waals surface area contributed by atoms with Crippen molar-refractivity contribution in [2.75, 3.05) is 0 Å². The highest BCUT2D eigenvalue weighted by Crippen LogP contribution is 2.08. The SMILES string of the molecule is O=C(C[n+]1ccc(Cc2ccccc2)cc1)c1ccc(F)cc1. The molecule has 0 N–H and O–H groups in total. The average Bonchev–Trinajstić information content (AvgIpc) is 2.58. The molecule has 3 rings (SSSR count). The van der Waals surface area contributed by atoms with E-state index < -0.39 is 0 Å². The predicted octanol–water partition coefficient (Wildman–Crippen LogP) is 3.59. The Morgan fingerprint density at radius 1 is 0.826 bits per heavy atom. The molecule has 1 heterocycles. The standard InChI is InChI=1S/C20H17FNO/c21-19-8-6-18(7-9-19)20(23)15-22-12-10-17(11-13-22)14-16-4-2-1-3-5-16/h1-13H,14-15H2/q+1. The Morgan fingerprint density at radius 3 is 2.09 bits per heavy atom. The maximum Gasteiger partial charge on any atom is 0.227 e. The maximum atomic E-state index is 12.9. The molecule has 2 aromatic carbocycles. The van der Waals surface area contributed by atoms with E-state index in [0.717, 1.165) is 6.42 Å². The predicted molar refractivity (Wildman–Crippen MR) is 86.6 cm³/mol. The Hall–Kier alpha value is -2.81. The number of ketones is 1. The van der Waals surface area contributed by atoms with Crippen molar-refractivity contribution in [1.82, 2.24) is 0 Å². The van der Waals surface area contributed by atoms with E-state index in [1.807, 2.05) is 47.3 Å². The molecule has 23 heavy (non-hydrogen) atoms. The van der Waals surface area contributed by atoms with Crippen LogP contribution in [0.5, 0.6) is 0 Å². The van der Waals surface area contributed by atoms with Crippen LogP contribution in [-0.4, -0.2) is 5.78 Å². The summed E-state index contributed by atoms with van der Waals surface area (Å²) in [5.74, 6) is -0.370. The van der Waals surface area contributed by atoms with Gasteiger partial charge in [0.1, 0.15) is 5.82 Å². The second kappa shape index (κ2) is 6.97. The number of nitrogens with zero attached hydrogens (tertiary/aromatic N) is 1. The molecule has 0 amide bonds. The number of hydrogen-bond acceptors (Lipinski definition) is 1. The van der Waals surface area contributed by atoms with Crippen molar-refractivity contribution < 1.29 is 13.8 Å². The lowest BCUT2D eigenvalue weighted by atomic mass is 10.1. The molecule has 1 aromatic heterocycles. The summed E-state index contributed by atoms with van der Waals surface area (Å²) in [5.41, 5.74) is 2.97. The molecule has 3 aromatic rings. The maximum absolute atomic E-state index is 12.9. The molecule has 0 atom stereocenters. The first-order chi connectivity index (χ1) is 11.2. The zero-order valence-electron chi connectivity index (χ0n) is 12.7. The molecule has 114 valence electrons. The number of rotatable bonds is 5. The summed E-state index contributed by atoms with van der Waals surface area (Å²) in [6.07, 6.45) is 4.67. The lowest BCUT2D eigenvalue weighted by Gasteiger charge is -2.02. The van der Waals surface area contributed by atoms with Gasteiger partial charge in [-0.05, 0) is 41.8 Å². The zero-order chi connectivity index (χ0) is 16.1. The molecular weight excluding hydrogens is 289 g/mol. The molecule has 0 aliphatic rings. The second-order valence-corrected chi connectivity index (χ2v) is 5.47. The van der Waals surface area contributed by atoms with Gasteiger partial charge in [-0.3, -0.25) is 4.79 Å². The summed E-state index contributed by atoms with van der Waals surface area (Å²) in [4.78, 5) is 12.2. The third-order valence-corrected chi connectivity index (χ3v) is 3.70. The van der Waals surface area contributed by atoms with Crippen LogP contribution in [0.4, 0.5) is 4.39 Å². The van der Waals surface area contributed by atoms with Crippen LogP contribution >= 0.6 is 0 Å². The second-order valence-electron chi connectivity index (χ2n) is 5.47. The lowest BCUT2D eigenvalue weighted by Crippen LogP contribution is -2.37. The zero-order valence-corrected chi connectivity index (χ0v) is 12.7. The van der Waals surface area contributed by atoms with Crippen molar-refractivity contribution in [1.29, 1.82) is 0 Å². The van der Waals surface area contributed by atoms with Crippen molar-refractivity contribution in [3.63, 3.8) is 0 Å². The summed E-state index contributed by atoms with van der Waals surface area (Å²) < 4.78 is 14.7. The fourth-order valence-corrected chi connectivity index (χ4v) is 2.44. The number of carbonyl (C=O) groups is 1. The number of benzene rings is 2. The minimum absolute atomic E-state index is 0.0363. The van der Waals surface area contributed by atoms with Crippen LogP contribution in [0.25, 0.3) is 0 Å². The van der Waals surface area contributed by atoms with Gasteiger partial charge in [0.25, 0.3) is 0 Å². The molecule has 0 aliphatic heterocycles. The largest absolute Gasteiger partial charge is 0.287 e. The molecule has 0 spiro atoms. The van der Waals surface area contributed by atoms with Crippen molar-refractivity contribution in [3.8, 4) is 0 Å². The van der Waals surface area contributed by atoms with Crippen LogP contribution < -0.4 is 4.57 Å². The van der Waals surface area contributed by atoms with Crippen LogP contribution in [0.15, 0.2) is 79.1 Å². The molecule has 0 aliphatic carbocycles. The Morgan fingerprint density at radius 2 is 1.43 bits per heavy atom. The first-order valence-corrected chi connectivity index (χ1v) is 7.51. The van der Waals surface area contributed by atoms with Gasteiger partial charge in [0.15, 0.2) is 12.4 Å². The van der Waals surface area contributed by atoms with E-state index >= 15 is 0 Å². The number of Topliss-reactive ketones (excluding diaryl/α,β-unsaturated/α-hetero) is 1. The molecule has 0 saturated carbocycles. The highest BCUT2D eigenvalue weighted by molar-refractivity contribution is 5.94. The van der Waals surface area contributed by atoms with Crippen molar-refractivity contribution >= 4 is 5.78 Å². The monoisotopic (exact) mass is 306 g/mol. The molecule has 0 bridgehead atoms. The molecule has 0 fully saturated rings. The van der Waals surface area contributed by atoms with E-state index in [4.69, 9.17) is 0 Å². The molecule has 0 unspecified atom stereocenters. The Kier molecular flexibility index (Phi) is 4.57. The van der Waals surface area contributed by atoms with Gasteiger partial charge >= 0.3 is 0 Å². The fraction of sp³-hybridized carbons (Fsp3) is 0.100. The first kappa shape index (κ1) is 15.1. The normalized spacial score (nSPS) is 10.5. The van der Waals surface area contributed by atoms with E-state index in [9.17, 15) is 9.18 Å². The summed E-state index contributed by atoms with van der Waals surface area (Å²) in [6, 6.07) is 19.9. The highest BCUT2D eigenvalue weighted by Gasteiger charge is 2.12. The smallest absolute Gasteiger partial charge is 0.227 e. The van der Waals surface area contributed by atoms with Crippen molar-refractivity contribution in [2.24, 2.45) is 0 Å². The highest BCUT2D eigenvalue weighted by atomic mass is 19.1. The van der Waals surface area contributed by atoms with Crippen LogP contribution in [0.1, 0.15) is 21.5 Å². The van der Waals surface area contributed by atoms with Gasteiger partial charge < -0.3 is 0 Å². The minimum atomic E-state index is -0.334. The van der Waals surface area contributed by atoms with E-state index in [2.05, 4.69) is 12.1 Å². The van der Waals surface area contributed by atoms with Gasteiger partial charge in [-0.15, -0.1) is 0 Å². The first-order valence-electron chi connectivity index (χ1n) is 7.51. The van der Waals surface area contributed by atoms with E-state index in [1.165, 1.54) is 35.4 Å². The molecule has 0 radical (unpaired) electrons. The van der Waals surface area contributed by atoms with E-state index in [0.29, 0.717) is 5.56 Å². The molecule has 3 heteroatoms. The molecular formula is C20H17FNO+. The van der Waals surface area contributed by atoms with Gasteiger partial charge in [-0.2, -0.15) is 4.57 Å². The van der Waals surface area contributed by atoms with Crippen molar-refractivity contribution in [2.45, 2.75) is 13.0 Å². The third-order valence-electron chi connectivity index (χ3n) is 3.70. The van der Waals surface area contributed by atoms with Crippen LogP contribution in [0, 0.1) is 5.82 Å². The summed E-state index contributed by atoms with van der Waals surface area (Å²) in [5, 5.41) is 0. The average molecular weight is 306 g/mol. The molecule has 0 saturated heterocycles. The molecule has 2 nitrogen and oxygen atoms in total. The van der Waals surface area contributed by atoms with Crippen LogP contribution in [0.3, 0.4) is 0 Å². The Balaban J connectivity index is 1.65. The number of hydrogen-bond donors (Lipinski definition) is 0. The van der Waals surface area contributed by atoms with Gasteiger partial charge in [-0.25, -0.2) is 4.39 Å². The van der Waals surface area contributed by atoms with Crippen LogP contribution in [0.2, 0.25) is 0 Å². The summed E-state index contributed by atoms with van der Waals surface area (Å²) >= 11 is 0. The van der Waals surface area contributed by atoms with Crippen molar-refractivity contribution in [3.05, 3.63) is 102 Å². The van der Waals surface area contributed by atoms with Gasteiger partial charge in [-0.1, -0.05) is 30.3 Å². The van der Waals surface area contributed by atoms with E-state index in [-0.39, 0.29) is 18.1 Å². The Bertz CT molecular complexity index is 780. The lowest BCUT2D eigenvalue weighted by molar-refractivity contribution is -0.683. The van der Waals surface area contributed by atoms with Crippen LogP contribution in [-0.2, 0) is 13.0 Å². The quantitative estimate of drug-likeness (QED) is 0.521. The van der Waals surface area contributed by atoms with Gasteiger partial charge in [0.05, 0.1) is 0 Å². The Labute approximate surface area is 134 Å². The number of aromatic nitrogens is 1. The van der Waals surface area contributed by atoms with Gasteiger partial charge in [0, 0.05) is 17.7 Å². The summed E-state index contributed by atoms with van der Waals surface area (Å²) in [7, 11) is 0. The number of pyridine rings is 1. The third kappa shape index (κ3) is 4.10. The topological polar surface area (TPSA) is 20.9 Å². The minimum Gasteiger partial charge on any atom is -0.287 e. The fourth-order valence-electron chi connectivity index (χ4n) is 2.44. The van der Waals surface area contributed by atoms with E-state index in [1.54, 1.807) is 0 Å².